The van der Waals surface area contributed by atoms with Crippen LogP contribution in [0.2, 0.25) is 0 Å². The third-order valence-corrected chi connectivity index (χ3v) is 5.44. The minimum absolute atomic E-state index is 0.101. The summed E-state index contributed by atoms with van der Waals surface area (Å²) >= 11 is 5.56. The second-order valence-corrected chi connectivity index (χ2v) is 7.24. The smallest absolute Gasteiger partial charge is 0.294 e. The van der Waals surface area contributed by atoms with Crippen LogP contribution in [0, 0.1) is 5.82 Å². The standard InChI is InChI=1S/C21H22FN3OS/c1-14(16-7-4-5-9-18(16)22)23-21(27)25-12-13-26-20(25)24-19-11-10-15-6-2-3-8-17(15)19/h2-9,14,19H,10-13H2,1H3,(H,23,27). The topological polar surface area (TPSA) is 36.9 Å². The molecule has 1 saturated heterocycles. The van der Waals surface area contributed by atoms with Gasteiger partial charge in [-0.15, -0.1) is 0 Å². The number of nitrogens with zero attached hydrogens (tertiary/aromatic N) is 2. The van der Waals surface area contributed by atoms with Gasteiger partial charge in [0.1, 0.15) is 12.4 Å². The first-order chi connectivity index (χ1) is 13.1. The van der Waals surface area contributed by atoms with Gasteiger partial charge in [-0.2, -0.15) is 0 Å². The number of halogens is 1. The van der Waals surface area contributed by atoms with Gasteiger partial charge in [0.25, 0.3) is 6.02 Å². The number of benzene rings is 2. The summed E-state index contributed by atoms with van der Waals surface area (Å²) in [7, 11) is 0. The van der Waals surface area contributed by atoms with Crippen LogP contribution < -0.4 is 5.32 Å². The van der Waals surface area contributed by atoms with Gasteiger partial charge in [0.05, 0.1) is 18.6 Å². The van der Waals surface area contributed by atoms with Crippen molar-refractivity contribution in [2.45, 2.75) is 31.8 Å². The maximum atomic E-state index is 14.0. The molecule has 0 saturated carbocycles. The minimum Gasteiger partial charge on any atom is -0.463 e. The molecular weight excluding hydrogens is 361 g/mol. The van der Waals surface area contributed by atoms with Crippen molar-refractivity contribution in [3.8, 4) is 0 Å². The molecule has 0 spiro atoms. The average Bonchev–Trinajstić information content (AvgIpc) is 3.30. The number of hydrogen-bond donors (Lipinski definition) is 1. The Labute approximate surface area is 164 Å². The molecular formula is C21H22FN3OS. The molecule has 1 aliphatic carbocycles. The molecule has 0 aromatic heterocycles. The predicted octanol–water partition coefficient (Wildman–Crippen LogP) is 4.14. The molecule has 1 aliphatic heterocycles. The molecule has 2 atom stereocenters. The Hall–Kier alpha value is -2.47. The van der Waals surface area contributed by atoms with Crippen LogP contribution in [0.4, 0.5) is 4.39 Å². The Morgan fingerprint density at radius 2 is 2.04 bits per heavy atom. The van der Waals surface area contributed by atoms with E-state index in [9.17, 15) is 4.39 Å². The molecule has 1 fully saturated rings. The number of hydrogen-bond acceptors (Lipinski definition) is 3. The highest BCUT2D eigenvalue weighted by Crippen LogP contribution is 2.34. The molecule has 2 aromatic rings. The number of fused-ring (bicyclic) bond motifs is 1. The fourth-order valence-corrected chi connectivity index (χ4v) is 4.01. The van der Waals surface area contributed by atoms with Crippen molar-refractivity contribution in [3.63, 3.8) is 0 Å². The third kappa shape index (κ3) is 3.67. The molecule has 2 unspecified atom stereocenters. The lowest BCUT2D eigenvalue weighted by atomic mass is 10.1. The number of aliphatic imine (C=N–C) groups is 1. The maximum absolute atomic E-state index is 14.0. The third-order valence-electron chi connectivity index (χ3n) is 5.10. The van der Waals surface area contributed by atoms with E-state index >= 15 is 0 Å². The van der Waals surface area contributed by atoms with E-state index < -0.39 is 0 Å². The molecule has 0 radical (unpaired) electrons. The minimum atomic E-state index is -0.243. The first-order valence-corrected chi connectivity index (χ1v) is 9.65. The van der Waals surface area contributed by atoms with Crippen LogP contribution in [-0.4, -0.2) is 29.2 Å². The van der Waals surface area contributed by atoms with E-state index in [4.69, 9.17) is 21.9 Å². The van der Waals surface area contributed by atoms with E-state index in [1.807, 2.05) is 24.0 Å². The lowest BCUT2D eigenvalue weighted by Crippen LogP contribution is -2.42. The molecule has 2 aromatic carbocycles. The van der Waals surface area contributed by atoms with Crippen LogP contribution >= 0.6 is 12.2 Å². The monoisotopic (exact) mass is 383 g/mol. The van der Waals surface area contributed by atoms with Gasteiger partial charge in [-0.25, -0.2) is 9.38 Å². The zero-order valence-corrected chi connectivity index (χ0v) is 16.0. The van der Waals surface area contributed by atoms with Crippen LogP contribution in [0.1, 0.15) is 42.1 Å². The van der Waals surface area contributed by atoms with Gasteiger partial charge in [0.15, 0.2) is 5.11 Å². The quantitative estimate of drug-likeness (QED) is 0.809. The van der Waals surface area contributed by atoms with Gasteiger partial charge in [-0.05, 0) is 49.2 Å². The molecule has 0 amide bonds. The first-order valence-electron chi connectivity index (χ1n) is 9.24. The zero-order valence-electron chi connectivity index (χ0n) is 15.2. The fraction of sp³-hybridized carbons (Fsp3) is 0.333. The summed E-state index contributed by atoms with van der Waals surface area (Å²) in [5.41, 5.74) is 3.20. The lowest BCUT2D eigenvalue weighted by molar-refractivity contribution is 0.348. The fourth-order valence-electron chi connectivity index (χ4n) is 3.67. The Balaban J connectivity index is 1.48. The van der Waals surface area contributed by atoms with Gasteiger partial charge in [0.2, 0.25) is 0 Å². The van der Waals surface area contributed by atoms with E-state index in [0.29, 0.717) is 29.8 Å². The molecule has 4 rings (SSSR count). The average molecular weight is 383 g/mol. The van der Waals surface area contributed by atoms with E-state index in [1.165, 1.54) is 17.2 Å². The van der Waals surface area contributed by atoms with Crippen molar-refractivity contribution < 1.29 is 9.13 Å². The summed E-state index contributed by atoms with van der Waals surface area (Å²) in [5.74, 6) is -0.241. The van der Waals surface area contributed by atoms with Crippen molar-refractivity contribution >= 4 is 23.4 Å². The van der Waals surface area contributed by atoms with E-state index in [0.717, 1.165) is 12.8 Å². The van der Waals surface area contributed by atoms with Gasteiger partial charge in [-0.3, -0.25) is 4.90 Å². The highest BCUT2D eigenvalue weighted by Gasteiger charge is 2.29. The highest BCUT2D eigenvalue weighted by atomic mass is 32.1. The summed E-state index contributed by atoms with van der Waals surface area (Å²) in [4.78, 5) is 6.70. The molecule has 1 heterocycles. The van der Waals surface area contributed by atoms with E-state index in [1.54, 1.807) is 12.1 Å². The maximum Gasteiger partial charge on any atom is 0.294 e. The van der Waals surface area contributed by atoms with Gasteiger partial charge in [0, 0.05) is 5.56 Å². The van der Waals surface area contributed by atoms with E-state index in [-0.39, 0.29) is 17.9 Å². The Morgan fingerprint density at radius 1 is 1.26 bits per heavy atom. The number of nitrogens with one attached hydrogen (secondary N) is 1. The van der Waals surface area contributed by atoms with Crippen molar-refractivity contribution in [2.24, 2.45) is 4.99 Å². The Morgan fingerprint density at radius 3 is 2.89 bits per heavy atom. The summed E-state index contributed by atoms with van der Waals surface area (Å²) in [6.45, 7) is 3.08. The van der Waals surface area contributed by atoms with Crippen LogP contribution in [0.5, 0.6) is 0 Å². The van der Waals surface area contributed by atoms with Crippen LogP contribution in [0.25, 0.3) is 0 Å². The zero-order chi connectivity index (χ0) is 18.8. The second-order valence-electron chi connectivity index (χ2n) is 6.86. The highest BCUT2D eigenvalue weighted by molar-refractivity contribution is 7.80. The normalized spacial score (nSPS) is 21.0. The summed E-state index contributed by atoms with van der Waals surface area (Å²) in [6.07, 6.45) is 2.01. The van der Waals surface area contributed by atoms with E-state index in [2.05, 4.69) is 23.5 Å². The summed E-state index contributed by atoms with van der Waals surface area (Å²) in [6, 6.07) is 15.5. The molecule has 1 N–H and O–H groups in total. The molecule has 2 aliphatic rings. The molecule has 0 bridgehead atoms. The van der Waals surface area contributed by atoms with Crippen molar-refractivity contribution in [2.75, 3.05) is 13.2 Å². The predicted molar refractivity (Wildman–Crippen MR) is 108 cm³/mol. The van der Waals surface area contributed by atoms with Crippen LogP contribution in [-0.2, 0) is 11.2 Å². The van der Waals surface area contributed by atoms with Gasteiger partial charge >= 0.3 is 0 Å². The number of ether oxygens (including phenoxy) is 1. The molecule has 140 valence electrons. The van der Waals surface area contributed by atoms with Crippen molar-refractivity contribution in [3.05, 3.63) is 71.0 Å². The number of amidine groups is 1. The van der Waals surface area contributed by atoms with Crippen molar-refractivity contribution in [1.29, 1.82) is 0 Å². The Kier molecular flexibility index (Phi) is 5.07. The van der Waals surface area contributed by atoms with Crippen LogP contribution in [0.15, 0.2) is 53.5 Å². The largest absolute Gasteiger partial charge is 0.463 e. The van der Waals surface area contributed by atoms with Gasteiger partial charge < -0.3 is 10.1 Å². The second kappa shape index (κ2) is 7.64. The first kappa shape index (κ1) is 17.9. The lowest BCUT2D eigenvalue weighted by Gasteiger charge is -2.23. The molecule has 27 heavy (non-hydrogen) atoms. The Bertz CT molecular complexity index is 885. The molecule has 6 heteroatoms. The summed E-state index contributed by atoms with van der Waals surface area (Å²) in [5, 5.41) is 3.72. The summed E-state index contributed by atoms with van der Waals surface area (Å²) < 4.78 is 19.8. The number of thiocarbonyl (C=S) groups is 1. The SMILES string of the molecule is CC(NC(=S)N1CCOC1=NC1CCc2ccccc21)c1ccccc1F. The van der Waals surface area contributed by atoms with Gasteiger partial charge in [-0.1, -0.05) is 42.5 Å². The van der Waals surface area contributed by atoms with Crippen LogP contribution in [0.3, 0.4) is 0 Å². The molecule has 4 nitrogen and oxygen atoms in total. The number of aryl methyl sites for hydroxylation is 1. The number of rotatable bonds is 3. The van der Waals surface area contributed by atoms with Crippen molar-refractivity contribution in [1.82, 2.24) is 10.2 Å².